The van der Waals surface area contributed by atoms with E-state index in [2.05, 4.69) is 15.8 Å². The van der Waals surface area contributed by atoms with Crippen LogP contribution in [0.1, 0.15) is 24.2 Å². The molecule has 0 bridgehead atoms. The van der Waals surface area contributed by atoms with Crippen LogP contribution >= 0.6 is 11.6 Å². The van der Waals surface area contributed by atoms with Gasteiger partial charge in [0, 0.05) is 22.0 Å². The maximum absolute atomic E-state index is 12.8. The highest BCUT2D eigenvalue weighted by molar-refractivity contribution is 6.30. The van der Waals surface area contributed by atoms with Crippen molar-refractivity contribution >= 4 is 34.3 Å². The maximum atomic E-state index is 12.8. The number of hydrazine groups is 1. The predicted octanol–water partition coefficient (Wildman–Crippen LogP) is 3.66. The van der Waals surface area contributed by atoms with E-state index in [1.807, 2.05) is 62.2 Å². The quantitative estimate of drug-likeness (QED) is 0.629. The molecule has 1 aromatic heterocycles. The minimum Gasteiger partial charge on any atom is -0.295 e. The summed E-state index contributed by atoms with van der Waals surface area (Å²) in [7, 11) is 1.85. The number of hydrogen-bond donors (Lipinski definition) is 2. The fraction of sp³-hybridized carbons (Fsp3) is 0.227. The van der Waals surface area contributed by atoms with Crippen LogP contribution < -0.4 is 10.9 Å². The lowest BCUT2D eigenvalue weighted by atomic mass is 10.0. The largest absolute Gasteiger partial charge is 0.295 e. The Kier molecular flexibility index (Phi) is 6.46. The topological polar surface area (TPSA) is 74.3 Å². The molecule has 2 amide bonds. The summed E-state index contributed by atoms with van der Waals surface area (Å²) >= 11 is 5.97. The first-order valence-corrected chi connectivity index (χ1v) is 9.68. The molecule has 0 aliphatic carbocycles. The number of halogens is 1. The van der Waals surface area contributed by atoms with Crippen LogP contribution in [0.5, 0.6) is 0 Å². The fourth-order valence-corrected chi connectivity index (χ4v) is 2.90. The van der Waals surface area contributed by atoms with Crippen molar-refractivity contribution in [2.45, 2.75) is 19.9 Å². The monoisotopic (exact) mass is 410 g/mol. The average Bonchev–Trinajstić information content (AvgIpc) is 2.71. The number of hydrogen-bond acceptors (Lipinski definition) is 4. The van der Waals surface area contributed by atoms with Crippen LogP contribution in [0, 0.1) is 0 Å². The highest BCUT2D eigenvalue weighted by Crippen LogP contribution is 2.25. The molecular weight excluding hydrogens is 388 g/mol. The van der Waals surface area contributed by atoms with E-state index in [-0.39, 0.29) is 18.5 Å². The average molecular weight is 411 g/mol. The SMILES string of the molecule is CC(C)N(C)CC(=O)NNC(=O)c1cc(-c2ccc(Cl)cc2)nc2ccccc12. The maximum Gasteiger partial charge on any atom is 0.270 e. The first-order valence-electron chi connectivity index (χ1n) is 9.30. The number of rotatable bonds is 5. The van der Waals surface area contributed by atoms with Gasteiger partial charge in [0.1, 0.15) is 0 Å². The van der Waals surface area contributed by atoms with Crippen LogP contribution in [0.15, 0.2) is 54.6 Å². The second-order valence-electron chi connectivity index (χ2n) is 7.09. The van der Waals surface area contributed by atoms with Crippen molar-refractivity contribution < 1.29 is 9.59 Å². The van der Waals surface area contributed by atoms with E-state index in [1.54, 1.807) is 18.2 Å². The standard InChI is InChI=1S/C22H23ClN4O2/c1-14(2)27(3)13-21(28)25-26-22(29)18-12-20(15-8-10-16(23)11-9-15)24-19-7-5-4-6-17(18)19/h4-12,14H,13H2,1-3H3,(H,25,28)(H,26,29). The molecule has 2 N–H and O–H groups in total. The summed E-state index contributed by atoms with van der Waals surface area (Å²) in [5.74, 6) is -0.690. The van der Waals surface area contributed by atoms with Gasteiger partial charge >= 0.3 is 0 Å². The second kappa shape index (κ2) is 9.03. The predicted molar refractivity (Wildman–Crippen MR) is 116 cm³/mol. The molecule has 150 valence electrons. The third kappa shape index (κ3) is 5.10. The van der Waals surface area contributed by atoms with Gasteiger partial charge in [-0.15, -0.1) is 0 Å². The Morgan fingerprint density at radius 1 is 1.07 bits per heavy atom. The van der Waals surface area contributed by atoms with E-state index in [9.17, 15) is 9.59 Å². The van der Waals surface area contributed by atoms with Gasteiger partial charge in [-0.2, -0.15) is 0 Å². The number of amides is 2. The molecule has 7 heteroatoms. The van der Waals surface area contributed by atoms with E-state index in [1.165, 1.54) is 0 Å². The number of fused-ring (bicyclic) bond motifs is 1. The lowest BCUT2D eigenvalue weighted by Crippen LogP contribution is -2.46. The van der Waals surface area contributed by atoms with Gasteiger partial charge < -0.3 is 0 Å². The van der Waals surface area contributed by atoms with Gasteiger partial charge in [-0.1, -0.05) is 41.9 Å². The molecule has 0 aliphatic rings. The number of para-hydroxylation sites is 1. The van der Waals surface area contributed by atoms with E-state index in [4.69, 9.17) is 11.6 Å². The molecule has 2 aromatic carbocycles. The number of benzene rings is 2. The van der Waals surface area contributed by atoms with Crippen molar-refractivity contribution in [1.29, 1.82) is 0 Å². The zero-order valence-corrected chi connectivity index (χ0v) is 17.3. The number of carbonyl (C=O) groups is 2. The summed E-state index contributed by atoms with van der Waals surface area (Å²) in [4.78, 5) is 31.4. The molecule has 0 spiro atoms. The first-order chi connectivity index (χ1) is 13.8. The minimum atomic E-state index is -0.403. The fourth-order valence-electron chi connectivity index (χ4n) is 2.77. The van der Waals surface area contributed by atoms with E-state index in [0.717, 1.165) is 5.56 Å². The van der Waals surface area contributed by atoms with Crippen LogP contribution in [0.4, 0.5) is 0 Å². The van der Waals surface area contributed by atoms with Crippen LogP contribution in [0.3, 0.4) is 0 Å². The van der Waals surface area contributed by atoms with Crippen LogP contribution in [-0.2, 0) is 4.79 Å². The lowest BCUT2D eigenvalue weighted by molar-refractivity contribution is -0.123. The van der Waals surface area contributed by atoms with Crippen molar-refractivity contribution in [3.8, 4) is 11.3 Å². The molecule has 0 fully saturated rings. The van der Waals surface area contributed by atoms with Gasteiger partial charge in [0.25, 0.3) is 11.8 Å². The highest BCUT2D eigenvalue weighted by Gasteiger charge is 2.15. The number of nitrogens with one attached hydrogen (secondary N) is 2. The van der Waals surface area contributed by atoms with Gasteiger partial charge in [-0.25, -0.2) is 4.98 Å². The molecule has 0 atom stereocenters. The van der Waals surface area contributed by atoms with Gasteiger partial charge in [0.2, 0.25) is 0 Å². The number of nitrogens with zero attached hydrogens (tertiary/aromatic N) is 2. The molecule has 0 radical (unpaired) electrons. The molecule has 0 saturated carbocycles. The Morgan fingerprint density at radius 3 is 2.45 bits per heavy atom. The number of aromatic nitrogens is 1. The Bertz CT molecular complexity index is 1030. The van der Waals surface area contributed by atoms with Crippen molar-refractivity contribution in [2.24, 2.45) is 0 Å². The lowest BCUT2D eigenvalue weighted by Gasteiger charge is -2.20. The van der Waals surface area contributed by atoms with Gasteiger partial charge in [-0.05, 0) is 45.2 Å². The summed E-state index contributed by atoms with van der Waals surface area (Å²) in [6.45, 7) is 4.17. The van der Waals surface area contributed by atoms with E-state index >= 15 is 0 Å². The molecule has 1 heterocycles. The summed E-state index contributed by atoms with van der Waals surface area (Å²) in [5, 5.41) is 1.33. The number of pyridine rings is 1. The minimum absolute atomic E-state index is 0.186. The Hall–Kier alpha value is -2.96. The van der Waals surface area contributed by atoms with Crippen molar-refractivity contribution in [3.63, 3.8) is 0 Å². The third-order valence-corrected chi connectivity index (χ3v) is 4.94. The number of likely N-dealkylation sites (N-methyl/N-ethyl adjacent to an activating group) is 1. The Labute approximate surface area is 174 Å². The van der Waals surface area contributed by atoms with E-state index in [0.29, 0.717) is 27.2 Å². The van der Waals surface area contributed by atoms with E-state index < -0.39 is 5.91 Å². The second-order valence-corrected chi connectivity index (χ2v) is 7.53. The molecule has 3 aromatic rings. The molecule has 0 aliphatic heterocycles. The smallest absolute Gasteiger partial charge is 0.270 e. The highest BCUT2D eigenvalue weighted by atomic mass is 35.5. The molecular formula is C22H23ClN4O2. The Balaban J connectivity index is 1.86. The molecule has 0 saturated heterocycles. The zero-order chi connectivity index (χ0) is 21.0. The van der Waals surface area contributed by atoms with Crippen molar-refractivity contribution in [3.05, 3.63) is 65.2 Å². The molecule has 6 nitrogen and oxygen atoms in total. The molecule has 0 unspecified atom stereocenters. The molecule has 29 heavy (non-hydrogen) atoms. The van der Waals surface area contributed by atoms with Crippen LogP contribution in [0.2, 0.25) is 5.02 Å². The van der Waals surface area contributed by atoms with Gasteiger partial charge in [-0.3, -0.25) is 25.3 Å². The first kappa shape index (κ1) is 20.8. The summed E-state index contributed by atoms with van der Waals surface area (Å²) in [6.07, 6.45) is 0. The Morgan fingerprint density at radius 2 is 1.76 bits per heavy atom. The summed E-state index contributed by atoms with van der Waals surface area (Å²) in [6, 6.07) is 16.6. The van der Waals surface area contributed by atoms with Crippen LogP contribution in [-0.4, -0.2) is 41.3 Å². The molecule has 3 rings (SSSR count). The van der Waals surface area contributed by atoms with Gasteiger partial charge in [0.15, 0.2) is 0 Å². The van der Waals surface area contributed by atoms with Crippen molar-refractivity contribution in [1.82, 2.24) is 20.7 Å². The van der Waals surface area contributed by atoms with Gasteiger partial charge in [0.05, 0.1) is 23.3 Å². The van der Waals surface area contributed by atoms with Crippen LogP contribution in [0.25, 0.3) is 22.2 Å². The normalized spacial score (nSPS) is 11.1. The third-order valence-electron chi connectivity index (χ3n) is 4.69. The number of carbonyl (C=O) groups excluding carboxylic acids is 2. The summed E-state index contributed by atoms with van der Waals surface area (Å²) < 4.78 is 0. The summed E-state index contributed by atoms with van der Waals surface area (Å²) in [5.41, 5.74) is 7.60. The zero-order valence-electron chi connectivity index (χ0n) is 16.6. The van der Waals surface area contributed by atoms with Crippen molar-refractivity contribution in [2.75, 3.05) is 13.6 Å².